The summed E-state index contributed by atoms with van der Waals surface area (Å²) < 4.78 is 35.2. The van der Waals surface area contributed by atoms with Gasteiger partial charge in [-0.1, -0.05) is 12.1 Å². The molecule has 0 N–H and O–H groups in total. The molecule has 0 saturated carbocycles. The maximum absolute atomic E-state index is 13.0. The average Bonchev–Trinajstić information content (AvgIpc) is 3.01. The lowest BCUT2D eigenvalue weighted by Gasteiger charge is -2.31. The minimum atomic E-state index is -3.52. The number of aromatic nitrogens is 2. The number of hydrogen-bond donors (Lipinski definition) is 0. The van der Waals surface area contributed by atoms with Crippen molar-refractivity contribution in [1.82, 2.24) is 13.9 Å². The van der Waals surface area contributed by atoms with Gasteiger partial charge in [-0.2, -0.15) is 4.31 Å². The van der Waals surface area contributed by atoms with Crippen LogP contribution in [0.15, 0.2) is 41.6 Å². The van der Waals surface area contributed by atoms with Crippen LogP contribution in [0.2, 0.25) is 0 Å². The minimum absolute atomic E-state index is 0.265. The van der Waals surface area contributed by atoms with E-state index in [4.69, 9.17) is 4.74 Å². The molecule has 2 aromatic rings. The highest BCUT2D eigenvalue weighted by Crippen LogP contribution is 2.30. The van der Waals surface area contributed by atoms with Gasteiger partial charge in [0.1, 0.15) is 16.5 Å². The highest BCUT2D eigenvalue weighted by molar-refractivity contribution is 7.89. The number of ether oxygens (including phenoxy) is 1. The topological polar surface area (TPSA) is 64.4 Å². The normalized spacial score (nSPS) is 16.9. The predicted molar refractivity (Wildman–Crippen MR) is 96.1 cm³/mol. The summed E-state index contributed by atoms with van der Waals surface area (Å²) >= 11 is 0. The van der Waals surface area contributed by atoms with E-state index in [1.54, 1.807) is 34.8 Å². The van der Waals surface area contributed by atoms with Crippen molar-refractivity contribution in [2.24, 2.45) is 5.92 Å². The Morgan fingerprint density at radius 3 is 2.60 bits per heavy atom. The Labute approximate surface area is 149 Å². The Morgan fingerprint density at radius 1 is 1.24 bits per heavy atom. The van der Waals surface area contributed by atoms with Crippen LogP contribution in [-0.2, 0) is 16.6 Å². The molecule has 0 bridgehead atoms. The van der Waals surface area contributed by atoms with E-state index in [1.165, 1.54) is 0 Å². The molecule has 0 atom stereocenters. The summed E-state index contributed by atoms with van der Waals surface area (Å²) in [6.45, 7) is 6.27. The molecule has 0 amide bonds. The molecule has 0 unspecified atom stereocenters. The maximum atomic E-state index is 13.0. The first-order valence-corrected chi connectivity index (χ1v) is 10.2. The number of para-hydroxylation sites is 1. The van der Waals surface area contributed by atoms with Crippen LogP contribution in [0.3, 0.4) is 0 Å². The smallest absolute Gasteiger partial charge is 0.246 e. The van der Waals surface area contributed by atoms with Crippen LogP contribution in [-0.4, -0.2) is 42.0 Å². The zero-order chi connectivity index (χ0) is 17.9. The zero-order valence-corrected chi connectivity index (χ0v) is 15.6. The molecular weight excluding hydrogens is 338 g/mol. The second kappa shape index (κ2) is 7.58. The summed E-state index contributed by atoms with van der Waals surface area (Å²) in [5.41, 5.74) is 0. The molecule has 7 heteroatoms. The molecule has 2 heterocycles. The van der Waals surface area contributed by atoms with Crippen molar-refractivity contribution in [2.75, 3.05) is 19.7 Å². The lowest BCUT2D eigenvalue weighted by molar-refractivity contribution is 0.251. The number of rotatable bonds is 6. The molecular formula is C18H25N3O3S. The van der Waals surface area contributed by atoms with Crippen molar-refractivity contribution in [3.63, 3.8) is 0 Å². The number of benzene rings is 1. The molecule has 136 valence electrons. The van der Waals surface area contributed by atoms with E-state index in [2.05, 4.69) is 9.55 Å². The lowest BCUT2D eigenvalue weighted by Crippen LogP contribution is -2.39. The molecule has 25 heavy (non-hydrogen) atoms. The summed E-state index contributed by atoms with van der Waals surface area (Å²) in [4.78, 5) is 4.51. The quantitative estimate of drug-likeness (QED) is 0.791. The highest BCUT2D eigenvalue weighted by Gasteiger charge is 2.31. The molecule has 6 nitrogen and oxygen atoms in total. The van der Waals surface area contributed by atoms with E-state index in [0.29, 0.717) is 31.4 Å². The van der Waals surface area contributed by atoms with Gasteiger partial charge in [-0.25, -0.2) is 13.4 Å². The van der Waals surface area contributed by atoms with Crippen LogP contribution in [0, 0.1) is 12.8 Å². The number of sulfonamides is 1. The van der Waals surface area contributed by atoms with Gasteiger partial charge in [0.25, 0.3) is 0 Å². The number of imidazole rings is 1. The SMILES string of the molecule is CCOc1ccccc1S(=O)(=O)N1CCC(Cn2ccnc2C)CC1. The van der Waals surface area contributed by atoms with Gasteiger partial charge in [-0.3, -0.25) is 0 Å². The van der Waals surface area contributed by atoms with Crippen LogP contribution in [0.5, 0.6) is 5.75 Å². The second-order valence-electron chi connectivity index (χ2n) is 6.35. The fourth-order valence-electron chi connectivity index (χ4n) is 3.28. The molecule has 0 radical (unpaired) electrons. The Hall–Kier alpha value is -1.86. The number of aryl methyl sites for hydroxylation is 1. The summed E-state index contributed by atoms with van der Waals surface area (Å²) in [7, 11) is -3.52. The molecule has 1 fully saturated rings. The Morgan fingerprint density at radius 2 is 1.96 bits per heavy atom. The van der Waals surface area contributed by atoms with E-state index in [0.717, 1.165) is 25.2 Å². The first-order chi connectivity index (χ1) is 12.0. The van der Waals surface area contributed by atoms with Crippen molar-refractivity contribution in [3.05, 3.63) is 42.5 Å². The average molecular weight is 363 g/mol. The largest absolute Gasteiger partial charge is 0.492 e. The van der Waals surface area contributed by atoms with Crippen LogP contribution in [0.4, 0.5) is 0 Å². The lowest BCUT2D eigenvalue weighted by atomic mass is 9.98. The third-order valence-electron chi connectivity index (χ3n) is 4.72. The molecule has 1 saturated heterocycles. The minimum Gasteiger partial charge on any atom is -0.492 e. The van der Waals surface area contributed by atoms with Gasteiger partial charge in [0.15, 0.2) is 0 Å². The van der Waals surface area contributed by atoms with Gasteiger partial charge in [-0.05, 0) is 44.7 Å². The van der Waals surface area contributed by atoms with E-state index >= 15 is 0 Å². The molecule has 0 spiro atoms. The molecule has 1 aliphatic heterocycles. The Kier molecular flexibility index (Phi) is 5.44. The Balaban J connectivity index is 1.69. The number of hydrogen-bond acceptors (Lipinski definition) is 4. The Bertz CT molecular complexity index is 808. The molecule has 1 aromatic carbocycles. The standard InChI is InChI=1S/C18H25N3O3S/c1-3-24-17-6-4-5-7-18(17)25(22,23)21-11-8-16(9-12-21)14-20-13-10-19-15(20)2/h4-7,10,13,16H,3,8-9,11-12,14H2,1-2H3. The van der Waals surface area contributed by atoms with Crippen LogP contribution >= 0.6 is 0 Å². The van der Waals surface area contributed by atoms with Gasteiger partial charge in [0.2, 0.25) is 10.0 Å². The number of piperidine rings is 1. The van der Waals surface area contributed by atoms with Crippen LogP contribution in [0.1, 0.15) is 25.6 Å². The third kappa shape index (κ3) is 3.88. The second-order valence-corrected chi connectivity index (χ2v) is 8.26. The van der Waals surface area contributed by atoms with E-state index < -0.39 is 10.0 Å². The summed E-state index contributed by atoms with van der Waals surface area (Å²) in [5.74, 6) is 1.91. The molecule has 0 aliphatic carbocycles. The van der Waals surface area contributed by atoms with E-state index in [9.17, 15) is 8.42 Å². The summed E-state index contributed by atoms with van der Waals surface area (Å²) in [5, 5.41) is 0. The van der Waals surface area contributed by atoms with Crippen molar-refractivity contribution in [3.8, 4) is 5.75 Å². The van der Waals surface area contributed by atoms with Crippen LogP contribution < -0.4 is 4.74 Å². The van der Waals surface area contributed by atoms with Gasteiger partial charge < -0.3 is 9.30 Å². The van der Waals surface area contributed by atoms with E-state index in [-0.39, 0.29) is 4.90 Å². The molecule has 3 rings (SSSR count). The van der Waals surface area contributed by atoms with Crippen LogP contribution in [0.25, 0.3) is 0 Å². The molecule has 1 aliphatic rings. The van der Waals surface area contributed by atoms with Crippen molar-refractivity contribution in [2.45, 2.75) is 38.1 Å². The predicted octanol–water partition coefficient (Wildman–Crippen LogP) is 2.69. The highest BCUT2D eigenvalue weighted by atomic mass is 32.2. The van der Waals surface area contributed by atoms with Crippen molar-refractivity contribution >= 4 is 10.0 Å². The van der Waals surface area contributed by atoms with Gasteiger partial charge in [0.05, 0.1) is 6.61 Å². The number of nitrogens with zero attached hydrogens (tertiary/aromatic N) is 3. The van der Waals surface area contributed by atoms with E-state index in [1.807, 2.05) is 20.0 Å². The van der Waals surface area contributed by atoms with Gasteiger partial charge in [0, 0.05) is 32.0 Å². The van der Waals surface area contributed by atoms with Gasteiger partial charge >= 0.3 is 0 Å². The first kappa shape index (κ1) is 17.9. The summed E-state index contributed by atoms with van der Waals surface area (Å²) in [6.07, 6.45) is 5.50. The van der Waals surface area contributed by atoms with Crippen molar-refractivity contribution in [1.29, 1.82) is 0 Å². The maximum Gasteiger partial charge on any atom is 0.246 e. The summed E-state index contributed by atoms with van der Waals surface area (Å²) in [6, 6.07) is 6.87. The fourth-order valence-corrected chi connectivity index (χ4v) is 4.89. The van der Waals surface area contributed by atoms with Crippen molar-refractivity contribution < 1.29 is 13.2 Å². The van der Waals surface area contributed by atoms with Gasteiger partial charge in [-0.15, -0.1) is 0 Å². The third-order valence-corrected chi connectivity index (χ3v) is 6.66. The zero-order valence-electron chi connectivity index (χ0n) is 14.8. The first-order valence-electron chi connectivity index (χ1n) is 8.72. The fraction of sp³-hybridized carbons (Fsp3) is 0.500. The molecule has 1 aromatic heterocycles. The monoisotopic (exact) mass is 363 g/mol.